The molecule has 0 atom stereocenters. The number of ether oxygens (including phenoxy) is 1. The van der Waals surface area contributed by atoms with Gasteiger partial charge in [0.1, 0.15) is 6.61 Å². The van der Waals surface area contributed by atoms with Crippen molar-refractivity contribution >= 4 is 29.0 Å². The van der Waals surface area contributed by atoms with Crippen molar-refractivity contribution in [1.29, 1.82) is 0 Å². The molecule has 1 heterocycles. The largest absolute Gasteiger partial charge is 0.368 e. The molecule has 4 nitrogen and oxygen atoms in total. The van der Waals surface area contributed by atoms with Crippen LogP contribution in [0.1, 0.15) is 32.1 Å². The van der Waals surface area contributed by atoms with Crippen molar-refractivity contribution in [3.8, 4) is 0 Å². The van der Waals surface area contributed by atoms with Gasteiger partial charge >= 0.3 is 0 Å². The fraction of sp³-hybridized carbons (Fsp3) is 0.409. The predicted octanol–water partition coefficient (Wildman–Crippen LogP) is 4.75. The van der Waals surface area contributed by atoms with Crippen LogP contribution in [0.5, 0.6) is 0 Å². The molecule has 1 N–H and O–H groups in total. The fourth-order valence-electron chi connectivity index (χ4n) is 3.79. The van der Waals surface area contributed by atoms with Crippen LogP contribution in [0.15, 0.2) is 58.3 Å². The van der Waals surface area contributed by atoms with Gasteiger partial charge in [0, 0.05) is 22.9 Å². The monoisotopic (exact) mass is 382 g/mol. The van der Waals surface area contributed by atoms with Crippen LogP contribution >= 0.6 is 11.8 Å². The van der Waals surface area contributed by atoms with Crippen molar-refractivity contribution in [3.05, 3.63) is 48.5 Å². The third-order valence-corrected chi connectivity index (χ3v) is 6.30. The molecule has 1 fully saturated rings. The van der Waals surface area contributed by atoms with Crippen LogP contribution in [0.4, 0.5) is 11.4 Å². The van der Waals surface area contributed by atoms with E-state index < -0.39 is 0 Å². The van der Waals surface area contributed by atoms with Gasteiger partial charge in [-0.25, -0.2) is 0 Å². The van der Waals surface area contributed by atoms with Crippen LogP contribution < -0.4 is 10.2 Å². The number of fused-ring (bicyclic) bond motifs is 2. The number of anilines is 2. The first-order chi connectivity index (χ1) is 13.3. The molecule has 2 aromatic rings. The summed E-state index contributed by atoms with van der Waals surface area (Å²) in [5.74, 6) is -0.00287. The number of para-hydroxylation sites is 2. The molecule has 1 aliphatic carbocycles. The Morgan fingerprint density at radius 1 is 1.04 bits per heavy atom. The van der Waals surface area contributed by atoms with Gasteiger partial charge in [-0.1, -0.05) is 48.9 Å². The maximum Gasteiger partial charge on any atom is 0.246 e. The van der Waals surface area contributed by atoms with Gasteiger partial charge in [0.05, 0.1) is 17.5 Å². The fourth-order valence-corrected chi connectivity index (χ4v) is 4.88. The summed E-state index contributed by atoms with van der Waals surface area (Å²) in [6, 6.07) is 17.0. The maximum atomic E-state index is 12.0. The Morgan fingerprint density at radius 3 is 2.33 bits per heavy atom. The Labute approximate surface area is 165 Å². The summed E-state index contributed by atoms with van der Waals surface area (Å²) in [7, 11) is 0. The van der Waals surface area contributed by atoms with Crippen molar-refractivity contribution in [3.63, 3.8) is 0 Å². The van der Waals surface area contributed by atoms with E-state index in [1.807, 2.05) is 11.8 Å². The summed E-state index contributed by atoms with van der Waals surface area (Å²) in [6.07, 6.45) is 5.82. The van der Waals surface area contributed by atoms with Gasteiger partial charge < -0.3 is 15.0 Å². The molecule has 2 aromatic carbocycles. The summed E-state index contributed by atoms with van der Waals surface area (Å²) in [4.78, 5) is 16.9. The molecule has 1 aliphatic heterocycles. The molecular formula is C22H26N2O2S. The normalized spacial score (nSPS) is 16.1. The zero-order valence-corrected chi connectivity index (χ0v) is 16.3. The smallest absolute Gasteiger partial charge is 0.246 e. The second kappa shape index (κ2) is 8.81. The van der Waals surface area contributed by atoms with Gasteiger partial charge in [0.2, 0.25) is 5.91 Å². The van der Waals surface area contributed by atoms with E-state index in [1.165, 1.54) is 34.0 Å². The van der Waals surface area contributed by atoms with Crippen LogP contribution in [0.2, 0.25) is 0 Å². The average molecular weight is 383 g/mol. The molecule has 0 aromatic heterocycles. The van der Waals surface area contributed by atoms with Gasteiger partial charge in [-0.2, -0.15) is 0 Å². The first kappa shape index (κ1) is 18.4. The molecule has 5 heteroatoms. The lowest BCUT2D eigenvalue weighted by atomic mass is 10.2. The van der Waals surface area contributed by atoms with Crippen molar-refractivity contribution in [2.45, 2.75) is 48.0 Å². The lowest BCUT2D eigenvalue weighted by Crippen LogP contribution is -2.32. The highest BCUT2D eigenvalue weighted by molar-refractivity contribution is 7.99. The van der Waals surface area contributed by atoms with Crippen molar-refractivity contribution < 1.29 is 9.53 Å². The van der Waals surface area contributed by atoms with E-state index in [9.17, 15) is 4.79 Å². The van der Waals surface area contributed by atoms with Crippen molar-refractivity contribution in [2.75, 3.05) is 24.6 Å². The summed E-state index contributed by atoms with van der Waals surface area (Å²) in [6.45, 7) is 1.73. The van der Waals surface area contributed by atoms with Crippen LogP contribution in [-0.4, -0.2) is 31.7 Å². The number of hydrogen-bond acceptors (Lipinski definition) is 4. The Morgan fingerprint density at radius 2 is 1.67 bits per heavy atom. The van der Waals surface area contributed by atoms with E-state index >= 15 is 0 Å². The number of amides is 1. The molecule has 2 aliphatic rings. The Bertz CT molecular complexity index is 744. The number of nitrogens with one attached hydrogen (secondary N) is 1. The van der Waals surface area contributed by atoms with E-state index in [2.05, 4.69) is 58.7 Å². The van der Waals surface area contributed by atoms with Crippen molar-refractivity contribution in [1.82, 2.24) is 5.32 Å². The average Bonchev–Trinajstić information content (AvgIpc) is 3.22. The molecule has 142 valence electrons. The predicted molar refractivity (Wildman–Crippen MR) is 110 cm³/mol. The van der Waals surface area contributed by atoms with Gasteiger partial charge in [0.25, 0.3) is 0 Å². The minimum atomic E-state index is -0.00287. The summed E-state index contributed by atoms with van der Waals surface area (Å²) in [5, 5.41) is 3.00. The number of rotatable bonds is 7. The molecule has 0 unspecified atom stereocenters. The summed E-state index contributed by atoms with van der Waals surface area (Å²) < 4.78 is 5.68. The second-order valence-electron chi connectivity index (χ2n) is 7.11. The molecule has 0 spiro atoms. The quantitative estimate of drug-likeness (QED) is 0.702. The number of carbonyl (C=O) groups excluding carboxylic acids is 1. The molecular weight excluding hydrogens is 356 g/mol. The third kappa shape index (κ3) is 4.47. The lowest BCUT2D eigenvalue weighted by molar-refractivity contribution is -0.127. The molecule has 0 saturated heterocycles. The number of benzene rings is 2. The topological polar surface area (TPSA) is 41.6 Å². The zero-order valence-electron chi connectivity index (χ0n) is 15.5. The Balaban J connectivity index is 1.30. The SMILES string of the molecule is O=C(COC1CCCC1)NCCCN1c2ccccc2Sc2ccccc21. The summed E-state index contributed by atoms with van der Waals surface area (Å²) >= 11 is 1.82. The minimum Gasteiger partial charge on any atom is -0.368 e. The van der Waals surface area contributed by atoms with Crippen LogP contribution in [-0.2, 0) is 9.53 Å². The summed E-state index contributed by atoms with van der Waals surface area (Å²) in [5.41, 5.74) is 2.49. The number of carbonyl (C=O) groups is 1. The standard InChI is InChI=1S/C22H26N2O2S/c25-22(16-26-17-8-1-2-9-17)23-14-7-15-24-18-10-3-5-12-20(18)27-21-13-6-4-11-19(21)24/h3-6,10-13,17H,1-2,7-9,14-16H2,(H,23,25). The highest BCUT2D eigenvalue weighted by Crippen LogP contribution is 2.47. The number of nitrogens with zero attached hydrogens (tertiary/aromatic N) is 1. The third-order valence-electron chi connectivity index (χ3n) is 5.17. The van der Waals surface area contributed by atoms with Gasteiger partial charge in [-0.05, 0) is 43.5 Å². The molecule has 4 rings (SSSR count). The molecule has 0 radical (unpaired) electrons. The van der Waals surface area contributed by atoms with Crippen LogP contribution in [0, 0.1) is 0 Å². The molecule has 27 heavy (non-hydrogen) atoms. The molecule has 1 amide bonds. The zero-order chi connectivity index (χ0) is 18.5. The van der Waals surface area contributed by atoms with Crippen molar-refractivity contribution in [2.24, 2.45) is 0 Å². The van der Waals surface area contributed by atoms with E-state index in [1.54, 1.807) is 0 Å². The van der Waals surface area contributed by atoms with E-state index in [-0.39, 0.29) is 18.6 Å². The Kier molecular flexibility index (Phi) is 6.00. The van der Waals surface area contributed by atoms with Gasteiger partial charge in [-0.3, -0.25) is 4.79 Å². The molecule has 0 bridgehead atoms. The van der Waals surface area contributed by atoms with Gasteiger partial charge in [0.15, 0.2) is 0 Å². The number of hydrogen-bond donors (Lipinski definition) is 1. The molecule has 1 saturated carbocycles. The van der Waals surface area contributed by atoms with Crippen LogP contribution in [0.3, 0.4) is 0 Å². The highest BCUT2D eigenvalue weighted by Gasteiger charge is 2.22. The van der Waals surface area contributed by atoms with E-state index in [4.69, 9.17) is 4.74 Å². The second-order valence-corrected chi connectivity index (χ2v) is 8.19. The first-order valence-electron chi connectivity index (χ1n) is 9.83. The first-order valence-corrected chi connectivity index (χ1v) is 10.6. The van der Waals surface area contributed by atoms with E-state index in [0.29, 0.717) is 6.54 Å². The maximum absolute atomic E-state index is 12.0. The van der Waals surface area contributed by atoms with Crippen LogP contribution in [0.25, 0.3) is 0 Å². The van der Waals surface area contributed by atoms with E-state index in [0.717, 1.165) is 25.8 Å². The minimum absolute atomic E-state index is 0.00287. The Hall–Kier alpha value is -1.98. The van der Waals surface area contributed by atoms with Gasteiger partial charge in [-0.15, -0.1) is 0 Å². The lowest BCUT2D eigenvalue weighted by Gasteiger charge is -2.32. The highest BCUT2D eigenvalue weighted by atomic mass is 32.2.